The Morgan fingerprint density at radius 2 is 1.83 bits per heavy atom. The van der Waals surface area contributed by atoms with E-state index in [-0.39, 0.29) is 0 Å². The molecular weight excluding hydrogens is 282 g/mol. The highest BCUT2D eigenvalue weighted by atomic mass is 16.5. The lowest BCUT2D eigenvalue weighted by Gasteiger charge is -2.25. The van der Waals surface area contributed by atoms with E-state index in [4.69, 9.17) is 4.74 Å². The summed E-state index contributed by atoms with van der Waals surface area (Å²) in [5.74, 6) is 0.903. The zero-order valence-electron chi connectivity index (χ0n) is 14.1. The molecule has 0 amide bonds. The number of allylic oxidation sites excluding steroid dienone is 3. The van der Waals surface area contributed by atoms with Crippen LogP contribution in [0.2, 0.25) is 0 Å². The van der Waals surface area contributed by atoms with E-state index >= 15 is 0 Å². The van der Waals surface area contributed by atoms with Crippen LogP contribution in [0.1, 0.15) is 57.4 Å². The number of ether oxygens (including phenoxy) is 1. The Bertz CT molecular complexity index is 567. The molecule has 122 valence electrons. The van der Waals surface area contributed by atoms with E-state index in [0.717, 1.165) is 24.4 Å². The lowest BCUT2D eigenvalue weighted by atomic mass is 9.76. The van der Waals surface area contributed by atoms with Crippen LogP contribution >= 0.6 is 0 Å². The third-order valence-corrected chi connectivity index (χ3v) is 4.41. The van der Waals surface area contributed by atoms with Gasteiger partial charge in [0.1, 0.15) is 11.2 Å². The second-order valence-electron chi connectivity index (χ2n) is 6.21. The van der Waals surface area contributed by atoms with Crippen LogP contribution in [-0.4, -0.2) is 6.61 Å². The Labute approximate surface area is 140 Å². The second kappa shape index (κ2) is 9.20. The van der Waals surface area contributed by atoms with Crippen molar-refractivity contribution in [3.05, 3.63) is 59.9 Å². The van der Waals surface area contributed by atoms with Crippen molar-refractivity contribution in [3.63, 3.8) is 0 Å². The van der Waals surface area contributed by atoms with Gasteiger partial charge in [0.25, 0.3) is 0 Å². The number of benzene rings is 1. The topological polar surface area (TPSA) is 33.0 Å². The van der Waals surface area contributed by atoms with Crippen LogP contribution in [0.5, 0.6) is 0 Å². The first-order valence-corrected chi connectivity index (χ1v) is 8.80. The molecule has 0 aliphatic heterocycles. The van der Waals surface area contributed by atoms with Crippen LogP contribution in [0.4, 0.5) is 0 Å². The lowest BCUT2D eigenvalue weighted by Crippen LogP contribution is -2.22. The molecule has 0 fully saturated rings. The summed E-state index contributed by atoms with van der Waals surface area (Å²) in [7, 11) is 0. The first-order chi connectivity index (χ1) is 11.3. The molecule has 1 aromatic carbocycles. The van der Waals surface area contributed by atoms with Crippen molar-refractivity contribution < 1.29 is 4.74 Å². The average Bonchev–Trinajstić information content (AvgIpc) is 2.62. The molecule has 0 saturated carbocycles. The van der Waals surface area contributed by atoms with Crippen molar-refractivity contribution in [2.24, 2.45) is 0 Å². The third kappa shape index (κ3) is 4.99. The molecule has 0 aromatic heterocycles. The smallest absolute Gasteiger partial charge is 0.115 e. The molecule has 0 bridgehead atoms. The van der Waals surface area contributed by atoms with Crippen LogP contribution in [0, 0.1) is 11.3 Å². The normalized spacial score (nSPS) is 19.9. The van der Waals surface area contributed by atoms with Crippen molar-refractivity contribution in [1.29, 1.82) is 5.26 Å². The summed E-state index contributed by atoms with van der Waals surface area (Å²) in [5.41, 5.74) is 0.499. The predicted molar refractivity (Wildman–Crippen MR) is 94.9 cm³/mol. The molecule has 0 N–H and O–H groups in total. The molecule has 2 heteroatoms. The van der Waals surface area contributed by atoms with Gasteiger partial charge in [-0.05, 0) is 30.6 Å². The van der Waals surface area contributed by atoms with Gasteiger partial charge in [-0.2, -0.15) is 5.26 Å². The molecule has 2 nitrogen and oxygen atoms in total. The highest BCUT2D eigenvalue weighted by Gasteiger charge is 2.30. The average molecular weight is 309 g/mol. The Morgan fingerprint density at radius 1 is 1.09 bits per heavy atom. The molecule has 23 heavy (non-hydrogen) atoms. The summed E-state index contributed by atoms with van der Waals surface area (Å²) in [4.78, 5) is 0. The zero-order valence-corrected chi connectivity index (χ0v) is 14.1. The van der Waals surface area contributed by atoms with Crippen molar-refractivity contribution in [2.75, 3.05) is 6.61 Å². The summed E-state index contributed by atoms with van der Waals surface area (Å²) < 4.78 is 5.83. The van der Waals surface area contributed by atoms with E-state index in [1.165, 1.54) is 32.1 Å². The highest BCUT2D eigenvalue weighted by Crippen LogP contribution is 2.33. The molecule has 0 spiro atoms. The van der Waals surface area contributed by atoms with E-state index in [1.807, 2.05) is 48.6 Å². The summed E-state index contributed by atoms with van der Waals surface area (Å²) >= 11 is 0. The van der Waals surface area contributed by atoms with Gasteiger partial charge in [-0.25, -0.2) is 0 Å². The van der Waals surface area contributed by atoms with Gasteiger partial charge in [-0.15, -0.1) is 0 Å². The molecular formula is C21H27NO. The molecule has 1 aromatic rings. The minimum absolute atomic E-state index is 0.547. The first kappa shape index (κ1) is 17.3. The van der Waals surface area contributed by atoms with Gasteiger partial charge in [0.05, 0.1) is 12.7 Å². The van der Waals surface area contributed by atoms with E-state index in [2.05, 4.69) is 13.0 Å². The van der Waals surface area contributed by atoms with Crippen LogP contribution in [-0.2, 0) is 10.2 Å². The Kier molecular flexibility index (Phi) is 6.94. The standard InChI is InChI=1S/C21H27NO/c1-2-3-4-5-6-10-17-23-20-13-15-21(18-22,16-14-20)19-11-8-7-9-12-19/h7-9,11-15H,2-6,10,16-17H2,1H3. The van der Waals surface area contributed by atoms with Crippen LogP contribution in [0.3, 0.4) is 0 Å². The first-order valence-electron chi connectivity index (χ1n) is 8.80. The van der Waals surface area contributed by atoms with Crippen LogP contribution in [0.25, 0.3) is 0 Å². The quantitative estimate of drug-likeness (QED) is 0.551. The maximum Gasteiger partial charge on any atom is 0.115 e. The second-order valence-corrected chi connectivity index (χ2v) is 6.21. The van der Waals surface area contributed by atoms with Crippen molar-refractivity contribution >= 4 is 0 Å². The minimum Gasteiger partial charge on any atom is -0.494 e. The Balaban J connectivity index is 1.78. The van der Waals surface area contributed by atoms with Gasteiger partial charge in [0.15, 0.2) is 0 Å². The van der Waals surface area contributed by atoms with Gasteiger partial charge in [-0.1, -0.05) is 75.4 Å². The molecule has 1 unspecified atom stereocenters. The molecule has 1 aliphatic carbocycles. The van der Waals surface area contributed by atoms with E-state index in [9.17, 15) is 5.26 Å². The molecule has 0 radical (unpaired) electrons. The van der Waals surface area contributed by atoms with E-state index in [0.29, 0.717) is 6.42 Å². The fourth-order valence-corrected chi connectivity index (χ4v) is 2.90. The third-order valence-electron chi connectivity index (χ3n) is 4.41. The molecule has 0 saturated heterocycles. The van der Waals surface area contributed by atoms with E-state index in [1.54, 1.807) is 0 Å². The highest BCUT2D eigenvalue weighted by molar-refractivity contribution is 5.43. The largest absolute Gasteiger partial charge is 0.494 e. The Morgan fingerprint density at radius 3 is 2.48 bits per heavy atom. The number of nitrogens with zero attached hydrogens (tertiary/aromatic N) is 1. The predicted octanol–water partition coefficient (Wildman–Crippen LogP) is 5.67. The number of rotatable bonds is 9. The van der Waals surface area contributed by atoms with Gasteiger partial charge >= 0.3 is 0 Å². The molecule has 2 rings (SSSR count). The number of hydrogen-bond acceptors (Lipinski definition) is 2. The Hall–Kier alpha value is -2.01. The van der Waals surface area contributed by atoms with Crippen molar-refractivity contribution in [2.45, 2.75) is 57.3 Å². The van der Waals surface area contributed by atoms with Gasteiger partial charge in [0.2, 0.25) is 0 Å². The molecule has 1 atom stereocenters. The zero-order chi connectivity index (χ0) is 16.4. The van der Waals surface area contributed by atoms with E-state index < -0.39 is 5.41 Å². The molecule has 0 heterocycles. The van der Waals surface area contributed by atoms with Crippen molar-refractivity contribution in [3.8, 4) is 6.07 Å². The summed E-state index contributed by atoms with van der Waals surface area (Å²) in [6.45, 7) is 3.01. The van der Waals surface area contributed by atoms with Gasteiger partial charge < -0.3 is 4.74 Å². The van der Waals surface area contributed by atoms with Crippen molar-refractivity contribution in [1.82, 2.24) is 0 Å². The number of hydrogen-bond donors (Lipinski definition) is 0. The fourth-order valence-electron chi connectivity index (χ4n) is 2.90. The monoisotopic (exact) mass is 309 g/mol. The van der Waals surface area contributed by atoms with Gasteiger partial charge in [-0.3, -0.25) is 0 Å². The van der Waals surface area contributed by atoms with Gasteiger partial charge in [0, 0.05) is 0 Å². The SMILES string of the molecule is CCCCCCCCOC1=CCC(C#N)(c2ccccc2)C=C1. The summed E-state index contributed by atoms with van der Waals surface area (Å²) in [6, 6.07) is 12.4. The number of nitriles is 1. The van der Waals surface area contributed by atoms with Crippen LogP contribution < -0.4 is 0 Å². The minimum atomic E-state index is -0.547. The van der Waals surface area contributed by atoms with Crippen LogP contribution in [0.15, 0.2) is 54.3 Å². The maximum absolute atomic E-state index is 9.63. The summed E-state index contributed by atoms with van der Waals surface area (Å²) in [6.07, 6.45) is 14.3. The lowest BCUT2D eigenvalue weighted by molar-refractivity contribution is 0.213. The summed E-state index contributed by atoms with van der Waals surface area (Å²) in [5, 5.41) is 9.63. The molecule has 1 aliphatic rings. The number of unbranched alkanes of at least 4 members (excludes halogenated alkanes) is 5. The maximum atomic E-state index is 9.63. The fraction of sp³-hybridized carbons (Fsp3) is 0.476.